The van der Waals surface area contributed by atoms with Crippen molar-refractivity contribution in [3.05, 3.63) is 57.9 Å². The number of hydrogen-bond donors (Lipinski definition) is 1. The van der Waals surface area contributed by atoms with Crippen molar-refractivity contribution in [2.24, 2.45) is 0 Å². The van der Waals surface area contributed by atoms with Gasteiger partial charge in [-0.2, -0.15) is 0 Å². The van der Waals surface area contributed by atoms with Crippen molar-refractivity contribution in [2.75, 3.05) is 18.5 Å². The van der Waals surface area contributed by atoms with Crippen LogP contribution < -0.4 is 14.8 Å². The normalized spacial score (nSPS) is 11.3. The van der Waals surface area contributed by atoms with E-state index < -0.39 is 0 Å². The predicted octanol–water partition coefficient (Wildman–Crippen LogP) is 7.85. The van der Waals surface area contributed by atoms with Crippen molar-refractivity contribution in [3.8, 4) is 22.8 Å². The van der Waals surface area contributed by atoms with Crippen LogP contribution in [0.25, 0.3) is 11.3 Å². The summed E-state index contributed by atoms with van der Waals surface area (Å²) >= 11 is 5.01. The molecule has 0 bridgehead atoms. The molecule has 1 amide bonds. The van der Waals surface area contributed by atoms with E-state index in [4.69, 9.17) is 9.47 Å². The molecule has 0 saturated carbocycles. The average Bonchev–Trinajstić information content (AvgIpc) is 3.26. The van der Waals surface area contributed by atoms with Crippen molar-refractivity contribution < 1.29 is 14.3 Å². The van der Waals surface area contributed by atoms with E-state index in [9.17, 15) is 4.79 Å². The van der Waals surface area contributed by atoms with Crippen molar-refractivity contribution in [1.82, 2.24) is 4.98 Å². The number of benzene rings is 2. The SMILES string of the molecule is CCCCOc1ccc(-c2csc(NC(=O)CCCOc3ccc(C(C)(C)C)cc3Br)n2)cc1. The summed E-state index contributed by atoms with van der Waals surface area (Å²) in [4.78, 5) is 16.9. The zero-order valence-corrected chi connectivity index (χ0v) is 22.7. The minimum absolute atomic E-state index is 0.0636. The summed E-state index contributed by atoms with van der Waals surface area (Å²) < 4.78 is 12.5. The van der Waals surface area contributed by atoms with Gasteiger partial charge in [0.05, 0.1) is 23.4 Å². The Morgan fingerprint density at radius 2 is 1.79 bits per heavy atom. The lowest BCUT2D eigenvalue weighted by Crippen LogP contribution is -2.13. The molecular weight excluding hydrogens is 512 g/mol. The highest BCUT2D eigenvalue weighted by molar-refractivity contribution is 9.10. The fourth-order valence-corrected chi connectivity index (χ4v) is 4.43. The van der Waals surface area contributed by atoms with E-state index in [1.165, 1.54) is 16.9 Å². The van der Waals surface area contributed by atoms with Gasteiger partial charge < -0.3 is 14.8 Å². The number of thiazole rings is 1. The van der Waals surface area contributed by atoms with Crippen LogP contribution in [0.1, 0.15) is 58.9 Å². The van der Waals surface area contributed by atoms with E-state index >= 15 is 0 Å². The van der Waals surface area contributed by atoms with Crippen LogP contribution in [0.15, 0.2) is 52.3 Å². The molecule has 5 nitrogen and oxygen atoms in total. The maximum atomic E-state index is 12.3. The van der Waals surface area contributed by atoms with Gasteiger partial charge in [0.2, 0.25) is 5.91 Å². The van der Waals surface area contributed by atoms with Crippen LogP contribution in [0.3, 0.4) is 0 Å². The molecule has 0 unspecified atom stereocenters. The summed E-state index contributed by atoms with van der Waals surface area (Å²) in [6, 6.07) is 14.0. The van der Waals surface area contributed by atoms with Gasteiger partial charge in [-0.25, -0.2) is 4.98 Å². The standard InChI is InChI=1S/C27H33BrN2O3S/c1-5-6-15-32-21-12-9-19(10-13-21)23-18-34-26(29-23)30-25(31)8-7-16-33-24-14-11-20(17-22(24)28)27(2,3)4/h9-14,17-18H,5-8,15-16H2,1-4H3,(H,29,30,31). The topological polar surface area (TPSA) is 60.5 Å². The Morgan fingerprint density at radius 1 is 1.06 bits per heavy atom. The van der Waals surface area contributed by atoms with E-state index in [1.807, 2.05) is 35.7 Å². The van der Waals surface area contributed by atoms with Crippen molar-refractivity contribution in [3.63, 3.8) is 0 Å². The number of amides is 1. The van der Waals surface area contributed by atoms with Crippen molar-refractivity contribution in [1.29, 1.82) is 0 Å². The number of nitrogens with zero attached hydrogens (tertiary/aromatic N) is 1. The summed E-state index contributed by atoms with van der Waals surface area (Å²) in [7, 11) is 0. The molecule has 7 heteroatoms. The highest BCUT2D eigenvalue weighted by Gasteiger charge is 2.15. The molecule has 34 heavy (non-hydrogen) atoms. The van der Waals surface area contributed by atoms with Gasteiger partial charge in [0, 0.05) is 17.4 Å². The zero-order chi connectivity index (χ0) is 24.6. The first-order valence-electron chi connectivity index (χ1n) is 11.7. The van der Waals surface area contributed by atoms with Gasteiger partial charge in [-0.3, -0.25) is 4.79 Å². The lowest BCUT2D eigenvalue weighted by Gasteiger charge is -2.20. The Morgan fingerprint density at radius 3 is 2.47 bits per heavy atom. The van der Waals surface area contributed by atoms with Gasteiger partial charge in [0.15, 0.2) is 5.13 Å². The van der Waals surface area contributed by atoms with E-state index in [0.717, 1.165) is 46.7 Å². The van der Waals surface area contributed by atoms with Crippen molar-refractivity contribution >= 4 is 38.3 Å². The summed E-state index contributed by atoms with van der Waals surface area (Å²) in [5.74, 6) is 1.59. The molecule has 0 spiro atoms. The molecule has 0 saturated heterocycles. The molecule has 0 aliphatic rings. The first kappa shape index (κ1) is 26.2. The molecule has 0 aliphatic heterocycles. The molecule has 182 valence electrons. The fourth-order valence-electron chi connectivity index (χ4n) is 3.20. The molecular formula is C27H33BrN2O3S. The smallest absolute Gasteiger partial charge is 0.226 e. The molecule has 0 radical (unpaired) electrons. The molecule has 1 N–H and O–H groups in total. The number of hydrogen-bond acceptors (Lipinski definition) is 5. The second-order valence-electron chi connectivity index (χ2n) is 9.16. The molecule has 2 aromatic carbocycles. The summed E-state index contributed by atoms with van der Waals surface area (Å²) in [6.07, 6.45) is 3.15. The monoisotopic (exact) mass is 544 g/mol. The number of nitrogens with one attached hydrogen (secondary N) is 1. The number of rotatable bonds is 11. The van der Waals surface area contributed by atoms with Crippen LogP contribution in [-0.4, -0.2) is 24.1 Å². The highest BCUT2D eigenvalue weighted by Crippen LogP contribution is 2.31. The zero-order valence-electron chi connectivity index (χ0n) is 20.3. The molecule has 0 aliphatic carbocycles. The third-order valence-electron chi connectivity index (χ3n) is 5.27. The number of carbonyl (C=O) groups is 1. The Bertz CT molecular complexity index is 1070. The number of anilines is 1. The lowest BCUT2D eigenvalue weighted by molar-refractivity contribution is -0.116. The minimum atomic E-state index is -0.0636. The third kappa shape index (κ3) is 7.84. The number of aromatic nitrogens is 1. The van der Waals surface area contributed by atoms with Crippen LogP contribution in [0.5, 0.6) is 11.5 Å². The third-order valence-corrected chi connectivity index (χ3v) is 6.65. The number of carbonyl (C=O) groups excluding carboxylic acids is 1. The number of halogens is 1. The van der Waals surface area contributed by atoms with E-state index in [1.54, 1.807) is 0 Å². The maximum absolute atomic E-state index is 12.3. The lowest BCUT2D eigenvalue weighted by atomic mass is 9.87. The average molecular weight is 546 g/mol. The molecule has 3 rings (SSSR count). The number of ether oxygens (including phenoxy) is 2. The molecule has 3 aromatic rings. The van der Waals surface area contributed by atoms with Crippen LogP contribution in [-0.2, 0) is 10.2 Å². The van der Waals surface area contributed by atoms with Gasteiger partial charge >= 0.3 is 0 Å². The predicted molar refractivity (Wildman–Crippen MR) is 144 cm³/mol. The first-order valence-corrected chi connectivity index (χ1v) is 13.3. The van der Waals surface area contributed by atoms with Gasteiger partial charge in [-0.1, -0.05) is 40.2 Å². The van der Waals surface area contributed by atoms with Gasteiger partial charge in [-0.05, 0) is 76.1 Å². The highest BCUT2D eigenvalue weighted by atomic mass is 79.9. The quantitative estimate of drug-likeness (QED) is 0.249. The van der Waals surface area contributed by atoms with Gasteiger partial charge in [0.25, 0.3) is 0 Å². The van der Waals surface area contributed by atoms with Crippen LogP contribution in [0.2, 0.25) is 0 Å². The van der Waals surface area contributed by atoms with Crippen LogP contribution in [0.4, 0.5) is 5.13 Å². The van der Waals surface area contributed by atoms with E-state index in [-0.39, 0.29) is 11.3 Å². The van der Waals surface area contributed by atoms with Crippen molar-refractivity contribution in [2.45, 2.75) is 58.8 Å². The summed E-state index contributed by atoms with van der Waals surface area (Å²) in [5.41, 5.74) is 3.16. The van der Waals surface area contributed by atoms with E-state index in [0.29, 0.717) is 24.6 Å². The Hall–Kier alpha value is -2.38. The van der Waals surface area contributed by atoms with Crippen LogP contribution >= 0.6 is 27.3 Å². The largest absolute Gasteiger partial charge is 0.494 e. The molecule has 0 fully saturated rings. The molecule has 1 heterocycles. The first-order chi connectivity index (χ1) is 16.3. The van der Waals surface area contributed by atoms with Crippen LogP contribution in [0, 0.1) is 0 Å². The van der Waals surface area contributed by atoms with Gasteiger partial charge in [0.1, 0.15) is 11.5 Å². The molecule has 1 aromatic heterocycles. The Kier molecular flexibility index (Phi) is 9.54. The van der Waals surface area contributed by atoms with E-state index in [2.05, 4.69) is 66.1 Å². The maximum Gasteiger partial charge on any atom is 0.226 e. The number of unbranched alkanes of at least 4 members (excludes halogenated alkanes) is 1. The summed E-state index contributed by atoms with van der Waals surface area (Å²) in [5, 5.41) is 5.44. The Balaban J connectivity index is 1.43. The second kappa shape index (κ2) is 12.4. The molecule has 0 atom stereocenters. The van der Waals surface area contributed by atoms with Gasteiger partial charge in [-0.15, -0.1) is 11.3 Å². The minimum Gasteiger partial charge on any atom is -0.494 e. The fraction of sp³-hybridized carbons (Fsp3) is 0.407. The summed E-state index contributed by atoms with van der Waals surface area (Å²) in [6.45, 7) is 9.88. The Labute approximate surface area is 215 Å². The second-order valence-corrected chi connectivity index (χ2v) is 10.9.